The van der Waals surface area contributed by atoms with Crippen LogP contribution in [0.1, 0.15) is 62.5 Å². The summed E-state index contributed by atoms with van der Waals surface area (Å²) in [6, 6.07) is 3.72. The topological polar surface area (TPSA) is 98.9 Å². The van der Waals surface area contributed by atoms with Crippen molar-refractivity contribution < 1.29 is 22.4 Å². The minimum atomic E-state index is -4.10. The number of aliphatic hydroxyl groups is 1. The third-order valence-electron chi connectivity index (χ3n) is 7.41. The molecular formula is C20H29NO5S. The van der Waals surface area contributed by atoms with Crippen molar-refractivity contribution in [1.82, 2.24) is 0 Å². The number of rotatable bonds is 3. The fraction of sp³-hybridized carbons (Fsp3) is 0.700. The summed E-state index contributed by atoms with van der Waals surface area (Å²) in [6.07, 6.45) is 7.02. The van der Waals surface area contributed by atoms with Crippen molar-refractivity contribution in [1.29, 1.82) is 0 Å². The number of aryl methyl sites for hydroxylation is 1. The third-order valence-corrected chi connectivity index (χ3v) is 7.82. The maximum atomic E-state index is 11.4. The first-order chi connectivity index (χ1) is 12.7. The van der Waals surface area contributed by atoms with E-state index in [4.69, 9.17) is 14.1 Å². The molecule has 3 unspecified atom stereocenters. The van der Waals surface area contributed by atoms with Crippen molar-refractivity contribution in [2.24, 2.45) is 22.4 Å². The first kappa shape index (κ1) is 19.0. The van der Waals surface area contributed by atoms with Gasteiger partial charge in [-0.1, -0.05) is 13.3 Å². The van der Waals surface area contributed by atoms with Crippen LogP contribution in [0.15, 0.2) is 12.1 Å². The van der Waals surface area contributed by atoms with E-state index >= 15 is 0 Å². The first-order valence-electron chi connectivity index (χ1n) is 9.84. The van der Waals surface area contributed by atoms with E-state index in [0.29, 0.717) is 23.5 Å². The van der Waals surface area contributed by atoms with Gasteiger partial charge in [0, 0.05) is 0 Å². The smallest absolute Gasteiger partial charge is 0.380 e. The molecule has 0 heterocycles. The van der Waals surface area contributed by atoms with E-state index in [9.17, 15) is 13.5 Å². The SMILES string of the molecule is COc1cc2c(cc1OS(N)(=O)=O)CCC1C2CC[C@@]2(C)C1CCC[C@@H]2O. The average Bonchev–Trinajstić information content (AvgIpc) is 2.60. The van der Waals surface area contributed by atoms with Gasteiger partial charge in [-0.2, -0.15) is 13.6 Å². The van der Waals surface area contributed by atoms with Crippen LogP contribution < -0.4 is 14.1 Å². The van der Waals surface area contributed by atoms with Crippen LogP contribution in [-0.4, -0.2) is 26.7 Å². The summed E-state index contributed by atoms with van der Waals surface area (Å²) < 4.78 is 33.1. The largest absolute Gasteiger partial charge is 0.493 e. The summed E-state index contributed by atoms with van der Waals surface area (Å²) in [5.74, 6) is 2.08. The molecule has 7 heteroatoms. The van der Waals surface area contributed by atoms with Gasteiger partial charge in [-0.25, -0.2) is 0 Å². The number of methoxy groups -OCH3 is 1. The van der Waals surface area contributed by atoms with Gasteiger partial charge < -0.3 is 14.0 Å². The molecule has 1 aromatic carbocycles. The summed E-state index contributed by atoms with van der Waals surface area (Å²) in [6.45, 7) is 2.27. The Balaban J connectivity index is 1.70. The molecule has 2 saturated carbocycles. The number of aliphatic hydroxyl groups excluding tert-OH is 1. The van der Waals surface area contributed by atoms with Crippen LogP contribution in [-0.2, 0) is 16.7 Å². The minimum Gasteiger partial charge on any atom is -0.493 e. The molecule has 5 atom stereocenters. The Morgan fingerprint density at radius 1 is 1.19 bits per heavy atom. The monoisotopic (exact) mass is 395 g/mol. The molecule has 0 aliphatic heterocycles. The first-order valence-corrected chi connectivity index (χ1v) is 11.3. The lowest BCUT2D eigenvalue weighted by Gasteiger charge is -2.56. The predicted molar refractivity (Wildman–Crippen MR) is 102 cm³/mol. The molecule has 3 N–H and O–H groups in total. The van der Waals surface area contributed by atoms with Crippen LogP contribution in [0.3, 0.4) is 0 Å². The van der Waals surface area contributed by atoms with Crippen LogP contribution in [0.2, 0.25) is 0 Å². The van der Waals surface area contributed by atoms with Gasteiger partial charge in [0.15, 0.2) is 11.5 Å². The maximum Gasteiger partial charge on any atom is 0.380 e. The van der Waals surface area contributed by atoms with Crippen molar-refractivity contribution in [2.45, 2.75) is 63.9 Å². The van der Waals surface area contributed by atoms with Crippen LogP contribution >= 0.6 is 0 Å². The van der Waals surface area contributed by atoms with Crippen molar-refractivity contribution in [3.05, 3.63) is 23.3 Å². The van der Waals surface area contributed by atoms with E-state index < -0.39 is 10.3 Å². The lowest BCUT2D eigenvalue weighted by Crippen LogP contribution is -2.51. The Labute approximate surface area is 161 Å². The molecule has 1 aromatic rings. The van der Waals surface area contributed by atoms with E-state index in [1.165, 1.54) is 19.1 Å². The quantitative estimate of drug-likeness (QED) is 0.820. The molecular weight excluding hydrogens is 366 g/mol. The van der Waals surface area contributed by atoms with Crippen molar-refractivity contribution in [3.63, 3.8) is 0 Å². The van der Waals surface area contributed by atoms with Crippen molar-refractivity contribution >= 4 is 10.3 Å². The molecule has 3 aliphatic rings. The second-order valence-electron chi connectivity index (χ2n) is 8.68. The van der Waals surface area contributed by atoms with Gasteiger partial charge in [0.25, 0.3) is 0 Å². The molecule has 0 aromatic heterocycles. The molecule has 0 spiro atoms. The maximum absolute atomic E-state index is 11.4. The van der Waals surface area contributed by atoms with Crippen molar-refractivity contribution in [3.8, 4) is 11.5 Å². The highest BCUT2D eigenvalue weighted by molar-refractivity contribution is 7.84. The zero-order valence-electron chi connectivity index (χ0n) is 16.0. The van der Waals surface area contributed by atoms with Gasteiger partial charge in [-0.15, -0.1) is 0 Å². The Bertz CT molecular complexity index is 839. The molecule has 0 amide bonds. The Kier molecular flexibility index (Phi) is 4.68. The summed E-state index contributed by atoms with van der Waals surface area (Å²) in [5, 5.41) is 15.7. The number of fused-ring (bicyclic) bond motifs is 5. The average molecular weight is 396 g/mol. The fourth-order valence-corrected chi connectivity index (χ4v) is 6.47. The Morgan fingerprint density at radius 2 is 1.96 bits per heavy atom. The van der Waals surface area contributed by atoms with E-state index in [2.05, 4.69) is 6.92 Å². The van der Waals surface area contributed by atoms with Crippen LogP contribution in [0.4, 0.5) is 0 Å². The predicted octanol–water partition coefficient (Wildman–Crippen LogP) is 2.88. The highest BCUT2D eigenvalue weighted by Crippen LogP contribution is 2.60. The highest BCUT2D eigenvalue weighted by atomic mass is 32.2. The second kappa shape index (κ2) is 6.64. The molecule has 4 rings (SSSR count). The molecule has 3 aliphatic carbocycles. The Morgan fingerprint density at radius 3 is 2.67 bits per heavy atom. The van der Waals surface area contributed by atoms with E-state index in [0.717, 1.165) is 44.1 Å². The molecule has 27 heavy (non-hydrogen) atoms. The lowest BCUT2D eigenvalue weighted by molar-refractivity contribution is -0.0976. The summed E-state index contributed by atoms with van der Waals surface area (Å²) in [5.41, 5.74) is 2.39. The van der Waals surface area contributed by atoms with Crippen LogP contribution in [0, 0.1) is 17.3 Å². The van der Waals surface area contributed by atoms with Gasteiger partial charge in [-0.05, 0) is 85.0 Å². The van der Waals surface area contributed by atoms with Crippen LogP contribution in [0.5, 0.6) is 11.5 Å². The zero-order chi connectivity index (χ0) is 19.4. The molecule has 150 valence electrons. The molecule has 2 fully saturated rings. The number of nitrogens with two attached hydrogens (primary N) is 1. The zero-order valence-corrected chi connectivity index (χ0v) is 16.8. The molecule has 0 bridgehead atoms. The number of benzene rings is 1. The second-order valence-corrected chi connectivity index (χ2v) is 9.84. The van der Waals surface area contributed by atoms with E-state index in [1.807, 2.05) is 6.07 Å². The summed E-state index contributed by atoms with van der Waals surface area (Å²) in [7, 11) is -2.59. The van der Waals surface area contributed by atoms with Gasteiger partial charge in [0.05, 0.1) is 13.2 Å². The van der Waals surface area contributed by atoms with Gasteiger partial charge in [0.2, 0.25) is 0 Å². The van der Waals surface area contributed by atoms with E-state index in [-0.39, 0.29) is 17.3 Å². The van der Waals surface area contributed by atoms with Gasteiger partial charge >= 0.3 is 10.3 Å². The summed E-state index contributed by atoms with van der Waals surface area (Å²) >= 11 is 0. The Hall–Kier alpha value is -1.31. The fourth-order valence-electron chi connectivity index (χ4n) is 6.09. The number of ether oxygens (including phenoxy) is 1. The third kappa shape index (κ3) is 3.23. The normalized spacial score (nSPS) is 35.6. The molecule has 6 nitrogen and oxygen atoms in total. The minimum absolute atomic E-state index is 0.0255. The molecule has 0 radical (unpaired) electrons. The highest BCUT2D eigenvalue weighted by Gasteiger charge is 2.52. The standard InChI is InChI=1S/C20H29NO5S/c1-20-9-8-13-14(16(20)4-3-5-19(20)22)7-6-12-10-18(26-27(21,23)24)17(25-2)11-15(12)13/h10-11,13-14,16,19,22H,3-9H2,1-2H3,(H2,21,23,24)/t13?,14?,16?,19-,20-/m0/s1. The molecule has 0 saturated heterocycles. The summed E-state index contributed by atoms with van der Waals surface area (Å²) in [4.78, 5) is 0. The number of hydrogen-bond donors (Lipinski definition) is 2. The van der Waals surface area contributed by atoms with Gasteiger partial charge in [-0.3, -0.25) is 0 Å². The number of hydrogen-bond acceptors (Lipinski definition) is 5. The van der Waals surface area contributed by atoms with Crippen LogP contribution in [0.25, 0.3) is 0 Å². The lowest BCUT2D eigenvalue weighted by atomic mass is 9.50. The van der Waals surface area contributed by atoms with Crippen molar-refractivity contribution in [2.75, 3.05) is 7.11 Å². The van der Waals surface area contributed by atoms with Gasteiger partial charge in [0.1, 0.15) is 0 Å². The van der Waals surface area contributed by atoms with E-state index in [1.54, 1.807) is 6.07 Å².